The number of aromatic amines is 1. The van der Waals surface area contributed by atoms with Crippen LogP contribution >= 0.6 is 0 Å². The number of piperazine rings is 1. The predicted molar refractivity (Wildman–Crippen MR) is 68.1 cm³/mol. The highest BCUT2D eigenvalue weighted by atomic mass is 15.2. The number of nitriles is 1. The van der Waals surface area contributed by atoms with Gasteiger partial charge in [0, 0.05) is 37.8 Å². The first-order chi connectivity index (χ1) is 8.40. The Hall–Kier alpha value is -1.99. The Morgan fingerprint density at radius 2 is 2.00 bits per heavy atom. The van der Waals surface area contributed by atoms with Crippen molar-refractivity contribution in [3.05, 3.63) is 30.0 Å². The smallest absolute Gasteiger partial charge is 0.101 e. The van der Waals surface area contributed by atoms with Gasteiger partial charge in [0.15, 0.2) is 0 Å². The van der Waals surface area contributed by atoms with Crippen LogP contribution in [-0.2, 0) is 0 Å². The van der Waals surface area contributed by atoms with E-state index in [1.54, 1.807) is 0 Å². The lowest BCUT2D eigenvalue weighted by Gasteiger charge is -2.30. The maximum absolute atomic E-state index is 9.24. The van der Waals surface area contributed by atoms with Gasteiger partial charge in [-0.1, -0.05) is 6.07 Å². The fourth-order valence-electron chi connectivity index (χ4n) is 2.42. The highest BCUT2D eigenvalue weighted by Gasteiger charge is 2.17. The largest absolute Gasteiger partial charge is 0.366 e. The van der Waals surface area contributed by atoms with Gasteiger partial charge < -0.3 is 15.2 Å². The van der Waals surface area contributed by atoms with E-state index in [0.29, 0.717) is 0 Å². The molecule has 1 aliphatic rings. The topological polar surface area (TPSA) is 54.9 Å². The number of H-pyrrole nitrogens is 1. The number of rotatable bonds is 1. The molecular weight excluding hydrogens is 212 g/mol. The third-order valence-corrected chi connectivity index (χ3v) is 3.25. The zero-order valence-electron chi connectivity index (χ0n) is 9.53. The van der Waals surface area contributed by atoms with E-state index in [9.17, 15) is 5.26 Å². The fraction of sp³-hybridized carbons (Fsp3) is 0.308. The second-order valence-electron chi connectivity index (χ2n) is 4.25. The van der Waals surface area contributed by atoms with Crippen LogP contribution < -0.4 is 10.2 Å². The molecule has 17 heavy (non-hydrogen) atoms. The maximum Gasteiger partial charge on any atom is 0.101 e. The lowest BCUT2D eigenvalue weighted by atomic mass is 10.1. The van der Waals surface area contributed by atoms with Crippen LogP contribution in [0.4, 0.5) is 5.69 Å². The number of aromatic nitrogens is 1. The van der Waals surface area contributed by atoms with Gasteiger partial charge in [-0.2, -0.15) is 5.26 Å². The van der Waals surface area contributed by atoms with Crippen LogP contribution in [0.1, 0.15) is 5.56 Å². The third-order valence-electron chi connectivity index (χ3n) is 3.25. The summed E-state index contributed by atoms with van der Waals surface area (Å²) < 4.78 is 0. The normalized spacial score (nSPS) is 16.1. The van der Waals surface area contributed by atoms with Gasteiger partial charge in [0.25, 0.3) is 0 Å². The first kappa shape index (κ1) is 10.2. The fourth-order valence-corrected chi connectivity index (χ4v) is 2.42. The Balaban J connectivity index is 2.17. The van der Waals surface area contributed by atoms with Gasteiger partial charge in [-0.3, -0.25) is 0 Å². The quantitative estimate of drug-likeness (QED) is 0.773. The average Bonchev–Trinajstić information content (AvgIpc) is 2.86. The Labute approximate surface area is 99.8 Å². The number of nitrogens with zero attached hydrogens (tertiary/aromatic N) is 2. The minimum Gasteiger partial charge on any atom is -0.366 e. The molecule has 0 aliphatic carbocycles. The second kappa shape index (κ2) is 4.11. The molecular formula is C13H14N4. The first-order valence-corrected chi connectivity index (χ1v) is 5.86. The summed E-state index contributed by atoms with van der Waals surface area (Å²) >= 11 is 0. The molecule has 0 bridgehead atoms. The van der Waals surface area contributed by atoms with Crippen molar-refractivity contribution >= 4 is 16.6 Å². The Kier molecular flexibility index (Phi) is 2.46. The number of anilines is 1. The van der Waals surface area contributed by atoms with Gasteiger partial charge >= 0.3 is 0 Å². The van der Waals surface area contributed by atoms with Crippen molar-refractivity contribution in [2.75, 3.05) is 31.1 Å². The minimum absolute atomic E-state index is 0.752. The molecule has 0 amide bonds. The molecule has 1 aliphatic heterocycles. The van der Waals surface area contributed by atoms with Crippen LogP contribution in [0, 0.1) is 11.3 Å². The lowest BCUT2D eigenvalue weighted by molar-refractivity contribution is 0.590. The summed E-state index contributed by atoms with van der Waals surface area (Å²) in [5.41, 5.74) is 2.88. The summed E-state index contributed by atoms with van der Waals surface area (Å²) in [4.78, 5) is 5.53. The predicted octanol–water partition coefficient (Wildman–Crippen LogP) is 1.45. The van der Waals surface area contributed by atoms with Crippen molar-refractivity contribution in [1.29, 1.82) is 5.26 Å². The molecule has 4 nitrogen and oxygen atoms in total. The van der Waals surface area contributed by atoms with E-state index in [4.69, 9.17) is 0 Å². The van der Waals surface area contributed by atoms with Gasteiger partial charge in [0.05, 0.1) is 16.8 Å². The van der Waals surface area contributed by atoms with E-state index >= 15 is 0 Å². The van der Waals surface area contributed by atoms with Gasteiger partial charge in [0.1, 0.15) is 6.07 Å². The number of fused-ring (bicyclic) bond motifs is 1. The molecule has 86 valence electrons. The molecule has 3 rings (SSSR count). The molecule has 2 heterocycles. The Morgan fingerprint density at radius 3 is 2.76 bits per heavy atom. The second-order valence-corrected chi connectivity index (χ2v) is 4.25. The number of hydrogen-bond donors (Lipinski definition) is 2. The van der Waals surface area contributed by atoms with Crippen molar-refractivity contribution in [2.24, 2.45) is 0 Å². The molecule has 1 aromatic carbocycles. The van der Waals surface area contributed by atoms with Crippen LogP contribution in [0.3, 0.4) is 0 Å². The van der Waals surface area contributed by atoms with Crippen molar-refractivity contribution in [3.63, 3.8) is 0 Å². The van der Waals surface area contributed by atoms with E-state index in [0.717, 1.165) is 48.3 Å². The van der Waals surface area contributed by atoms with Crippen LogP contribution in [-0.4, -0.2) is 31.2 Å². The zero-order chi connectivity index (χ0) is 11.7. The van der Waals surface area contributed by atoms with Crippen molar-refractivity contribution in [2.45, 2.75) is 0 Å². The first-order valence-electron chi connectivity index (χ1n) is 5.86. The van der Waals surface area contributed by atoms with E-state index in [1.807, 2.05) is 24.4 Å². The summed E-state index contributed by atoms with van der Waals surface area (Å²) in [5.74, 6) is 0. The van der Waals surface area contributed by atoms with Crippen LogP contribution in [0.15, 0.2) is 24.4 Å². The Morgan fingerprint density at radius 1 is 1.18 bits per heavy atom. The highest BCUT2D eigenvalue weighted by molar-refractivity contribution is 5.94. The zero-order valence-corrected chi connectivity index (χ0v) is 9.53. The summed E-state index contributed by atoms with van der Waals surface area (Å²) in [6, 6.07) is 8.24. The molecule has 1 aromatic heterocycles. The molecule has 0 radical (unpaired) electrons. The van der Waals surface area contributed by atoms with Gasteiger partial charge in [-0.15, -0.1) is 0 Å². The average molecular weight is 226 g/mol. The van der Waals surface area contributed by atoms with Gasteiger partial charge in [0.2, 0.25) is 0 Å². The molecule has 4 heteroatoms. The molecule has 2 aromatic rings. The van der Waals surface area contributed by atoms with Crippen molar-refractivity contribution in [1.82, 2.24) is 10.3 Å². The Bertz CT molecular complexity index is 573. The molecule has 0 unspecified atom stereocenters. The SMILES string of the molecule is N#Cc1ccc2cc[nH]c2c1N1CCNCC1. The van der Waals surface area contributed by atoms with Crippen molar-refractivity contribution < 1.29 is 0 Å². The van der Waals surface area contributed by atoms with E-state index in [1.165, 1.54) is 0 Å². The minimum atomic E-state index is 0.752. The van der Waals surface area contributed by atoms with E-state index in [-0.39, 0.29) is 0 Å². The molecule has 0 spiro atoms. The molecule has 2 N–H and O–H groups in total. The monoisotopic (exact) mass is 226 g/mol. The lowest BCUT2D eigenvalue weighted by Crippen LogP contribution is -2.43. The summed E-state index contributed by atoms with van der Waals surface area (Å²) in [7, 11) is 0. The number of hydrogen-bond acceptors (Lipinski definition) is 3. The van der Waals surface area contributed by atoms with Gasteiger partial charge in [-0.05, 0) is 12.1 Å². The summed E-state index contributed by atoms with van der Waals surface area (Å²) in [6.45, 7) is 3.85. The molecule has 0 atom stereocenters. The highest BCUT2D eigenvalue weighted by Crippen LogP contribution is 2.29. The van der Waals surface area contributed by atoms with E-state index < -0.39 is 0 Å². The number of benzene rings is 1. The summed E-state index contributed by atoms with van der Waals surface area (Å²) in [5, 5.41) is 13.7. The standard InChI is InChI=1S/C13H14N4/c14-9-11-2-1-10-3-4-16-12(10)13(11)17-7-5-15-6-8-17/h1-4,15-16H,5-8H2. The molecule has 1 saturated heterocycles. The van der Waals surface area contributed by atoms with Crippen molar-refractivity contribution in [3.8, 4) is 6.07 Å². The molecule has 0 saturated carbocycles. The third kappa shape index (κ3) is 1.65. The van der Waals surface area contributed by atoms with Crippen LogP contribution in [0.25, 0.3) is 10.9 Å². The summed E-state index contributed by atoms with van der Waals surface area (Å²) in [6.07, 6.45) is 1.93. The van der Waals surface area contributed by atoms with Crippen LogP contribution in [0.2, 0.25) is 0 Å². The van der Waals surface area contributed by atoms with Gasteiger partial charge in [-0.25, -0.2) is 0 Å². The van der Waals surface area contributed by atoms with Crippen LogP contribution in [0.5, 0.6) is 0 Å². The molecule has 1 fully saturated rings. The maximum atomic E-state index is 9.24. The van der Waals surface area contributed by atoms with E-state index in [2.05, 4.69) is 21.3 Å². The number of nitrogens with one attached hydrogen (secondary N) is 2.